The number of aryl methyl sites for hydroxylation is 1. The van der Waals surface area contributed by atoms with Crippen molar-refractivity contribution in [3.63, 3.8) is 0 Å². The van der Waals surface area contributed by atoms with Gasteiger partial charge in [0, 0.05) is 17.3 Å². The molecule has 1 N–H and O–H groups in total. The van der Waals surface area contributed by atoms with Crippen molar-refractivity contribution in [2.45, 2.75) is 13.5 Å². The smallest absolute Gasteiger partial charge is 0.254 e. The first-order valence-electron chi connectivity index (χ1n) is 7.60. The molecule has 1 heterocycles. The van der Waals surface area contributed by atoms with E-state index in [-0.39, 0.29) is 18.0 Å². The van der Waals surface area contributed by atoms with Crippen LogP contribution < -0.4 is 10.9 Å². The number of rotatable bonds is 4. The van der Waals surface area contributed by atoms with E-state index in [9.17, 15) is 9.59 Å². The van der Waals surface area contributed by atoms with E-state index in [0.717, 1.165) is 11.1 Å². The zero-order valence-corrected chi connectivity index (χ0v) is 13.3. The second-order valence-corrected chi connectivity index (χ2v) is 5.52. The van der Waals surface area contributed by atoms with Crippen molar-refractivity contribution in [3.8, 4) is 11.3 Å². The molecule has 1 amide bonds. The standard InChI is InChI=1S/C19H17N3O2/c1-14-6-5-9-16(10-14)21-18(23)12-22-13-20-17(11-19(22)24)15-7-3-2-4-8-15/h2-11,13H,12H2,1H3,(H,21,23). The van der Waals surface area contributed by atoms with Crippen LogP contribution in [0.5, 0.6) is 0 Å². The summed E-state index contributed by atoms with van der Waals surface area (Å²) in [6, 6.07) is 18.4. The fourth-order valence-electron chi connectivity index (χ4n) is 2.39. The summed E-state index contributed by atoms with van der Waals surface area (Å²) in [7, 11) is 0. The SMILES string of the molecule is Cc1cccc(NC(=O)Cn2cnc(-c3ccccc3)cc2=O)c1. The Hall–Kier alpha value is -3.21. The first kappa shape index (κ1) is 15.7. The minimum atomic E-state index is -0.267. The van der Waals surface area contributed by atoms with Crippen LogP contribution in [0.4, 0.5) is 5.69 Å². The molecule has 0 aliphatic heterocycles. The van der Waals surface area contributed by atoms with E-state index in [0.29, 0.717) is 11.4 Å². The highest BCUT2D eigenvalue weighted by Crippen LogP contribution is 2.13. The maximum absolute atomic E-state index is 12.2. The summed E-state index contributed by atoms with van der Waals surface area (Å²) in [5.74, 6) is -0.267. The minimum Gasteiger partial charge on any atom is -0.325 e. The first-order chi connectivity index (χ1) is 11.6. The molecule has 24 heavy (non-hydrogen) atoms. The van der Waals surface area contributed by atoms with Gasteiger partial charge in [0.2, 0.25) is 5.91 Å². The van der Waals surface area contributed by atoms with E-state index < -0.39 is 0 Å². The molecule has 0 saturated heterocycles. The van der Waals surface area contributed by atoms with Crippen LogP contribution in [0.25, 0.3) is 11.3 Å². The van der Waals surface area contributed by atoms with Crippen molar-refractivity contribution in [2.24, 2.45) is 0 Å². The molecule has 0 fully saturated rings. The summed E-state index contributed by atoms with van der Waals surface area (Å²) in [6.07, 6.45) is 1.40. The van der Waals surface area contributed by atoms with Crippen LogP contribution in [-0.2, 0) is 11.3 Å². The number of anilines is 1. The van der Waals surface area contributed by atoms with Crippen molar-refractivity contribution in [1.82, 2.24) is 9.55 Å². The third-order valence-corrected chi connectivity index (χ3v) is 3.56. The molecule has 1 aromatic heterocycles. The van der Waals surface area contributed by atoms with Crippen molar-refractivity contribution >= 4 is 11.6 Å². The van der Waals surface area contributed by atoms with Crippen LogP contribution >= 0.6 is 0 Å². The van der Waals surface area contributed by atoms with Gasteiger partial charge in [0.05, 0.1) is 12.0 Å². The summed E-state index contributed by atoms with van der Waals surface area (Å²) >= 11 is 0. The zero-order valence-electron chi connectivity index (χ0n) is 13.3. The predicted octanol–water partition coefficient (Wildman–Crippen LogP) is 2.86. The molecule has 0 saturated carbocycles. The number of hydrogen-bond donors (Lipinski definition) is 1. The lowest BCUT2D eigenvalue weighted by atomic mass is 10.1. The highest BCUT2D eigenvalue weighted by atomic mass is 16.2. The molecule has 0 atom stereocenters. The van der Waals surface area contributed by atoms with Crippen molar-refractivity contribution in [1.29, 1.82) is 0 Å². The summed E-state index contributed by atoms with van der Waals surface area (Å²) in [5.41, 5.74) is 2.96. The molecule has 0 bridgehead atoms. The van der Waals surface area contributed by atoms with Crippen LogP contribution in [0, 0.1) is 6.92 Å². The van der Waals surface area contributed by atoms with Crippen LogP contribution in [0.1, 0.15) is 5.56 Å². The molecule has 0 aliphatic rings. The number of nitrogens with zero attached hydrogens (tertiary/aromatic N) is 2. The lowest BCUT2D eigenvalue weighted by molar-refractivity contribution is -0.116. The fourth-order valence-corrected chi connectivity index (χ4v) is 2.39. The third kappa shape index (κ3) is 3.76. The Balaban J connectivity index is 1.74. The molecule has 5 heteroatoms. The number of amides is 1. The van der Waals surface area contributed by atoms with E-state index >= 15 is 0 Å². The lowest BCUT2D eigenvalue weighted by Crippen LogP contribution is -2.27. The molecule has 5 nitrogen and oxygen atoms in total. The van der Waals surface area contributed by atoms with Gasteiger partial charge < -0.3 is 5.32 Å². The van der Waals surface area contributed by atoms with Gasteiger partial charge in [0.15, 0.2) is 0 Å². The third-order valence-electron chi connectivity index (χ3n) is 3.56. The van der Waals surface area contributed by atoms with E-state index in [4.69, 9.17) is 0 Å². The summed E-state index contributed by atoms with van der Waals surface area (Å²) in [5, 5.41) is 2.78. The summed E-state index contributed by atoms with van der Waals surface area (Å²) < 4.78 is 1.29. The van der Waals surface area contributed by atoms with Crippen LogP contribution in [0.2, 0.25) is 0 Å². The lowest BCUT2D eigenvalue weighted by Gasteiger charge is -2.08. The average molecular weight is 319 g/mol. The maximum Gasteiger partial charge on any atom is 0.254 e. The Morgan fingerprint density at radius 3 is 2.58 bits per heavy atom. The van der Waals surface area contributed by atoms with Crippen LogP contribution in [-0.4, -0.2) is 15.5 Å². The second kappa shape index (κ2) is 6.91. The molecular weight excluding hydrogens is 302 g/mol. The molecule has 120 valence electrons. The fraction of sp³-hybridized carbons (Fsp3) is 0.105. The minimum absolute atomic E-state index is 0.0746. The Morgan fingerprint density at radius 2 is 1.88 bits per heavy atom. The predicted molar refractivity (Wildman–Crippen MR) is 93.7 cm³/mol. The Kier molecular flexibility index (Phi) is 4.52. The largest absolute Gasteiger partial charge is 0.325 e. The van der Waals surface area contributed by atoms with Gasteiger partial charge in [-0.25, -0.2) is 4.98 Å². The summed E-state index contributed by atoms with van der Waals surface area (Å²) in [6.45, 7) is 1.88. The highest BCUT2D eigenvalue weighted by molar-refractivity contribution is 5.90. The van der Waals surface area contributed by atoms with Crippen molar-refractivity contribution < 1.29 is 4.79 Å². The number of hydrogen-bond acceptors (Lipinski definition) is 3. The topological polar surface area (TPSA) is 64.0 Å². The number of aromatic nitrogens is 2. The number of nitrogens with one attached hydrogen (secondary N) is 1. The average Bonchev–Trinajstić information content (AvgIpc) is 2.57. The number of carbonyl (C=O) groups is 1. The van der Waals surface area contributed by atoms with Gasteiger partial charge in [0.1, 0.15) is 6.54 Å². The molecular formula is C19H17N3O2. The Bertz CT molecular complexity index is 917. The summed E-state index contributed by atoms with van der Waals surface area (Å²) in [4.78, 5) is 28.6. The zero-order chi connectivity index (χ0) is 16.9. The Labute approximate surface area is 139 Å². The van der Waals surface area contributed by atoms with E-state index in [1.807, 2.05) is 61.5 Å². The van der Waals surface area contributed by atoms with E-state index in [1.165, 1.54) is 17.0 Å². The first-order valence-corrected chi connectivity index (χ1v) is 7.60. The van der Waals surface area contributed by atoms with Crippen LogP contribution in [0.15, 0.2) is 71.8 Å². The monoisotopic (exact) mass is 319 g/mol. The maximum atomic E-state index is 12.2. The quantitative estimate of drug-likeness (QED) is 0.804. The Morgan fingerprint density at radius 1 is 1.08 bits per heavy atom. The molecule has 0 aliphatic carbocycles. The van der Waals surface area contributed by atoms with Crippen molar-refractivity contribution in [3.05, 3.63) is 82.9 Å². The highest BCUT2D eigenvalue weighted by Gasteiger charge is 2.07. The van der Waals surface area contributed by atoms with Gasteiger partial charge in [-0.2, -0.15) is 0 Å². The van der Waals surface area contributed by atoms with E-state index in [1.54, 1.807) is 0 Å². The second-order valence-electron chi connectivity index (χ2n) is 5.52. The van der Waals surface area contributed by atoms with Gasteiger partial charge in [-0.3, -0.25) is 14.2 Å². The van der Waals surface area contributed by atoms with Gasteiger partial charge in [-0.05, 0) is 24.6 Å². The molecule has 3 aromatic rings. The molecule has 0 radical (unpaired) electrons. The van der Waals surface area contributed by atoms with Gasteiger partial charge in [0.25, 0.3) is 5.56 Å². The van der Waals surface area contributed by atoms with Crippen molar-refractivity contribution in [2.75, 3.05) is 5.32 Å². The molecule has 3 rings (SSSR count). The van der Waals surface area contributed by atoms with Gasteiger partial charge >= 0.3 is 0 Å². The van der Waals surface area contributed by atoms with E-state index in [2.05, 4.69) is 10.3 Å². The van der Waals surface area contributed by atoms with Gasteiger partial charge in [-0.1, -0.05) is 42.5 Å². The molecule has 2 aromatic carbocycles. The molecule has 0 spiro atoms. The number of carbonyl (C=O) groups excluding carboxylic acids is 1. The normalized spacial score (nSPS) is 10.4. The molecule has 0 unspecified atom stereocenters. The van der Waals surface area contributed by atoms with Crippen LogP contribution in [0.3, 0.4) is 0 Å². The van der Waals surface area contributed by atoms with Gasteiger partial charge in [-0.15, -0.1) is 0 Å². The number of benzene rings is 2.